The Bertz CT molecular complexity index is 617. The molecule has 0 atom stereocenters. The summed E-state index contributed by atoms with van der Waals surface area (Å²) in [5.74, 6) is 0. The predicted molar refractivity (Wildman–Crippen MR) is 90.9 cm³/mol. The van der Waals surface area contributed by atoms with Crippen molar-refractivity contribution in [2.75, 3.05) is 10.6 Å². The van der Waals surface area contributed by atoms with Crippen molar-refractivity contribution in [3.63, 3.8) is 0 Å². The molecule has 0 saturated heterocycles. The summed E-state index contributed by atoms with van der Waals surface area (Å²) in [5.41, 5.74) is 1.54. The van der Waals surface area contributed by atoms with E-state index < -0.39 is 0 Å². The molecule has 0 aromatic heterocycles. The van der Waals surface area contributed by atoms with Crippen LogP contribution in [0.4, 0.5) is 16.2 Å². The monoisotopic (exact) mass is 398 g/mol. The van der Waals surface area contributed by atoms with Crippen LogP contribution in [0.5, 0.6) is 0 Å². The third kappa shape index (κ3) is 6.76. The molecule has 3 rings (SSSR count). The van der Waals surface area contributed by atoms with Crippen molar-refractivity contribution in [2.24, 2.45) is 0 Å². The molecule has 0 bridgehead atoms. The summed E-state index contributed by atoms with van der Waals surface area (Å²) in [4.78, 5) is 11.5. The second-order valence-corrected chi connectivity index (χ2v) is 5.14. The quantitative estimate of drug-likeness (QED) is 0.451. The molecule has 0 fully saturated rings. The molecule has 2 N–H and O–H groups in total. The van der Waals surface area contributed by atoms with Gasteiger partial charge in [-0.05, 0) is 24.3 Å². The Morgan fingerprint density at radius 1 is 0.864 bits per heavy atom. The Morgan fingerprint density at radius 3 is 2.00 bits per heavy atom. The van der Waals surface area contributed by atoms with Gasteiger partial charge in [-0.25, -0.2) is 16.9 Å². The molecule has 5 heteroatoms. The Hall–Kier alpha value is -1.81. The maximum absolute atomic E-state index is 11.5. The fraction of sp³-hybridized carbons (Fsp3) is 0. The molecule has 3 aromatic rings. The Labute approximate surface area is 149 Å². The molecular formula is C17H15BrFeN2O. The van der Waals surface area contributed by atoms with Crippen LogP contribution in [-0.4, -0.2) is 6.03 Å². The van der Waals surface area contributed by atoms with Gasteiger partial charge in [0.1, 0.15) is 0 Å². The van der Waals surface area contributed by atoms with E-state index in [1.165, 1.54) is 0 Å². The van der Waals surface area contributed by atoms with Gasteiger partial charge < -0.3 is 10.6 Å². The largest absolute Gasteiger partial charge is 2.00 e. The zero-order valence-corrected chi connectivity index (χ0v) is 14.3. The molecule has 0 heterocycles. The molecule has 22 heavy (non-hydrogen) atoms. The van der Waals surface area contributed by atoms with Gasteiger partial charge in [0, 0.05) is 10.2 Å². The number of anilines is 2. The second-order valence-electron chi connectivity index (χ2n) is 4.22. The summed E-state index contributed by atoms with van der Waals surface area (Å²) in [6.45, 7) is 0. The van der Waals surface area contributed by atoms with E-state index in [9.17, 15) is 4.79 Å². The van der Waals surface area contributed by atoms with Gasteiger partial charge in [0.25, 0.3) is 0 Å². The van der Waals surface area contributed by atoms with E-state index in [0.29, 0.717) is 0 Å². The first-order valence-electron chi connectivity index (χ1n) is 6.46. The summed E-state index contributed by atoms with van der Waals surface area (Å²) in [6.07, 6.45) is 0. The Kier molecular flexibility index (Phi) is 8.30. The second kappa shape index (κ2) is 10.0. The van der Waals surface area contributed by atoms with Gasteiger partial charge in [0.15, 0.2) is 0 Å². The van der Waals surface area contributed by atoms with Crippen molar-refractivity contribution in [1.82, 2.24) is 0 Å². The molecule has 0 aliphatic rings. The number of benzene rings is 1. The van der Waals surface area contributed by atoms with E-state index in [2.05, 4.69) is 26.6 Å². The van der Waals surface area contributed by atoms with Crippen LogP contribution in [0.15, 0.2) is 83.3 Å². The van der Waals surface area contributed by atoms with Crippen LogP contribution in [0.25, 0.3) is 0 Å². The fourth-order valence-electron chi connectivity index (χ4n) is 1.60. The maximum atomic E-state index is 11.5. The number of carbonyl (C=O) groups is 1. The van der Waals surface area contributed by atoms with E-state index in [1.807, 2.05) is 78.9 Å². The summed E-state index contributed by atoms with van der Waals surface area (Å²) in [5, 5.41) is 5.46. The average molecular weight is 399 g/mol. The van der Waals surface area contributed by atoms with Gasteiger partial charge in [-0.1, -0.05) is 15.9 Å². The molecule has 0 unspecified atom stereocenters. The van der Waals surface area contributed by atoms with Crippen LogP contribution in [0.1, 0.15) is 0 Å². The van der Waals surface area contributed by atoms with Gasteiger partial charge >= 0.3 is 23.1 Å². The molecule has 0 saturated carbocycles. The number of carbonyl (C=O) groups excluding carboxylic acids is 1. The first-order valence-corrected chi connectivity index (χ1v) is 7.25. The smallest absolute Gasteiger partial charge is 0.371 e. The minimum absolute atomic E-state index is 0. The summed E-state index contributed by atoms with van der Waals surface area (Å²) in [7, 11) is 0. The molecule has 0 aliphatic carbocycles. The zero-order valence-electron chi connectivity index (χ0n) is 11.6. The number of halogens is 1. The van der Waals surface area contributed by atoms with Crippen LogP contribution < -0.4 is 10.6 Å². The van der Waals surface area contributed by atoms with Crippen molar-refractivity contribution in [3.8, 4) is 0 Å². The summed E-state index contributed by atoms with van der Waals surface area (Å²) in [6, 6.07) is 24.6. The standard InChI is InChI=1S/C12H10BrN2O.C5H5.Fe/c13-9-5-7-11(8-6-9)15-12(16)14-10-3-1-2-4-10;1-2-4-5-3-1;/h1-8H,(H2,14,15,16);1-5H;/q2*-1;+2. The van der Waals surface area contributed by atoms with Crippen LogP contribution in [0, 0.1) is 0 Å². The van der Waals surface area contributed by atoms with Crippen LogP contribution in [0.2, 0.25) is 0 Å². The van der Waals surface area contributed by atoms with Crippen molar-refractivity contribution in [3.05, 3.63) is 83.3 Å². The van der Waals surface area contributed by atoms with Crippen molar-refractivity contribution in [1.29, 1.82) is 0 Å². The molecule has 2 amide bonds. The Balaban J connectivity index is 0.000000344. The molecule has 3 nitrogen and oxygen atoms in total. The van der Waals surface area contributed by atoms with Crippen molar-refractivity contribution >= 4 is 33.3 Å². The van der Waals surface area contributed by atoms with Crippen LogP contribution in [-0.2, 0) is 17.1 Å². The topological polar surface area (TPSA) is 41.1 Å². The molecule has 0 aliphatic heterocycles. The minimum Gasteiger partial charge on any atom is -0.371 e. The van der Waals surface area contributed by atoms with E-state index in [1.54, 1.807) is 0 Å². The first-order chi connectivity index (χ1) is 10.2. The van der Waals surface area contributed by atoms with Crippen LogP contribution >= 0.6 is 15.9 Å². The number of urea groups is 1. The molecule has 3 aromatic carbocycles. The van der Waals surface area contributed by atoms with Gasteiger partial charge in [-0.15, -0.1) is 5.69 Å². The molecule has 0 spiro atoms. The number of hydrogen-bond acceptors (Lipinski definition) is 1. The summed E-state index contributed by atoms with van der Waals surface area (Å²) < 4.78 is 0.981. The first kappa shape index (κ1) is 18.2. The van der Waals surface area contributed by atoms with Crippen LogP contribution in [0.3, 0.4) is 0 Å². The SMILES string of the molecule is O=C(Nc1ccc(Br)cc1)Nc1cc[cH-]c1.[Fe+2].c1cc[cH-]c1. The summed E-state index contributed by atoms with van der Waals surface area (Å²) >= 11 is 3.33. The number of nitrogens with one attached hydrogen (secondary N) is 2. The zero-order chi connectivity index (χ0) is 14.9. The van der Waals surface area contributed by atoms with E-state index >= 15 is 0 Å². The Morgan fingerprint density at radius 2 is 1.50 bits per heavy atom. The average Bonchev–Trinajstić information content (AvgIpc) is 3.16. The molecule has 114 valence electrons. The van der Waals surface area contributed by atoms with E-state index in [4.69, 9.17) is 0 Å². The number of rotatable bonds is 2. The fourth-order valence-corrected chi connectivity index (χ4v) is 1.87. The van der Waals surface area contributed by atoms with Gasteiger partial charge in [0.05, 0.1) is 0 Å². The number of amides is 2. The normalized spacial score (nSPS) is 8.95. The third-order valence-electron chi connectivity index (χ3n) is 2.58. The minimum atomic E-state index is -0.242. The van der Waals surface area contributed by atoms with E-state index in [-0.39, 0.29) is 23.1 Å². The van der Waals surface area contributed by atoms with Gasteiger partial charge in [-0.3, -0.25) is 0 Å². The van der Waals surface area contributed by atoms with Gasteiger partial charge in [0.2, 0.25) is 0 Å². The maximum Gasteiger partial charge on any atom is 2.00 e. The van der Waals surface area contributed by atoms with E-state index in [0.717, 1.165) is 15.8 Å². The van der Waals surface area contributed by atoms with Gasteiger partial charge in [-0.2, -0.15) is 42.5 Å². The van der Waals surface area contributed by atoms with Crippen molar-refractivity contribution < 1.29 is 21.9 Å². The molecular weight excluding hydrogens is 384 g/mol. The predicted octanol–water partition coefficient (Wildman–Crippen LogP) is 5.22. The molecule has 0 radical (unpaired) electrons. The number of hydrogen-bond donors (Lipinski definition) is 2. The third-order valence-corrected chi connectivity index (χ3v) is 3.11. The van der Waals surface area contributed by atoms with Crippen molar-refractivity contribution in [2.45, 2.75) is 0 Å².